The molecule has 0 bridgehead atoms. The van der Waals surface area contributed by atoms with Crippen molar-refractivity contribution in [2.75, 3.05) is 5.32 Å². The number of hydrogen-bond acceptors (Lipinski definition) is 5. The van der Waals surface area contributed by atoms with Crippen LogP contribution in [-0.2, 0) is 0 Å². The normalized spacial score (nSPS) is 10.1. The number of pyridine rings is 1. The largest absolute Gasteiger partial charge is 0.478 e. The van der Waals surface area contributed by atoms with Gasteiger partial charge >= 0.3 is 5.97 Å². The Hall–Kier alpha value is -1.95. The molecule has 0 aliphatic carbocycles. The lowest BCUT2D eigenvalue weighted by Gasteiger charge is -2.05. The second-order valence-corrected chi connectivity index (χ2v) is 4.00. The van der Waals surface area contributed by atoms with Crippen LogP contribution < -0.4 is 5.32 Å². The number of hydrogen-bond donors (Lipinski definition) is 2. The molecule has 0 radical (unpaired) electrons. The van der Waals surface area contributed by atoms with Gasteiger partial charge in [0.05, 0.1) is 23.1 Å². The van der Waals surface area contributed by atoms with Crippen molar-refractivity contribution in [3.8, 4) is 0 Å². The van der Waals surface area contributed by atoms with Crippen LogP contribution in [0.2, 0.25) is 0 Å². The molecule has 16 heavy (non-hydrogen) atoms. The van der Waals surface area contributed by atoms with Crippen molar-refractivity contribution >= 4 is 28.1 Å². The van der Waals surface area contributed by atoms with E-state index in [0.717, 1.165) is 5.69 Å². The topological polar surface area (TPSA) is 75.1 Å². The zero-order valence-corrected chi connectivity index (χ0v) is 9.28. The minimum absolute atomic E-state index is 0.183. The lowest BCUT2D eigenvalue weighted by atomic mass is 10.2. The molecular formula is C10H9N3O2S. The van der Waals surface area contributed by atoms with Crippen molar-refractivity contribution in [3.05, 3.63) is 35.1 Å². The first-order chi connectivity index (χ1) is 7.66. The minimum atomic E-state index is -0.988. The highest BCUT2D eigenvalue weighted by Gasteiger charge is 2.10. The van der Waals surface area contributed by atoms with Crippen molar-refractivity contribution in [1.82, 2.24) is 9.97 Å². The fourth-order valence-electron chi connectivity index (χ4n) is 1.21. The maximum atomic E-state index is 10.9. The third kappa shape index (κ3) is 2.17. The quantitative estimate of drug-likeness (QED) is 0.853. The Morgan fingerprint density at radius 2 is 2.38 bits per heavy atom. The molecule has 0 spiro atoms. The summed E-state index contributed by atoms with van der Waals surface area (Å²) in [6, 6.07) is 1.45. The van der Waals surface area contributed by atoms with E-state index in [1.807, 2.05) is 12.3 Å². The fraction of sp³-hybridized carbons (Fsp3) is 0.100. The van der Waals surface area contributed by atoms with Crippen LogP contribution in [0.3, 0.4) is 0 Å². The first-order valence-electron chi connectivity index (χ1n) is 4.53. The van der Waals surface area contributed by atoms with Gasteiger partial charge < -0.3 is 10.4 Å². The van der Waals surface area contributed by atoms with Gasteiger partial charge in [0.1, 0.15) is 0 Å². The number of carboxylic acids is 1. The fourth-order valence-corrected chi connectivity index (χ4v) is 1.91. The summed E-state index contributed by atoms with van der Waals surface area (Å²) >= 11 is 1.42. The van der Waals surface area contributed by atoms with Crippen molar-refractivity contribution in [1.29, 1.82) is 0 Å². The maximum Gasteiger partial charge on any atom is 0.337 e. The monoisotopic (exact) mass is 235 g/mol. The average molecular weight is 235 g/mol. The molecule has 82 valence electrons. The summed E-state index contributed by atoms with van der Waals surface area (Å²) in [6.45, 7) is 1.88. The number of nitrogens with zero attached hydrogens (tertiary/aromatic N) is 2. The lowest BCUT2D eigenvalue weighted by Crippen LogP contribution is -2.02. The Balaban J connectivity index is 2.31. The molecule has 2 rings (SSSR count). The number of aryl methyl sites for hydroxylation is 1. The molecule has 6 heteroatoms. The van der Waals surface area contributed by atoms with Gasteiger partial charge in [-0.2, -0.15) is 0 Å². The van der Waals surface area contributed by atoms with Crippen LogP contribution in [0.5, 0.6) is 0 Å². The molecule has 2 aromatic rings. The summed E-state index contributed by atoms with van der Waals surface area (Å²) in [5, 5.41) is 14.5. The molecule has 0 amide bonds. The molecule has 0 unspecified atom stereocenters. The predicted molar refractivity (Wildman–Crippen MR) is 61.3 cm³/mol. The standard InChI is InChI=1S/C10H9N3O2S/c1-6-5-16-10(12-6)13-8-4-11-3-2-7(8)9(14)15/h2-5H,1H3,(H,12,13)(H,14,15). The Morgan fingerprint density at radius 3 is 3.00 bits per heavy atom. The SMILES string of the molecule is Cc1csc(Nc2cnccc2C(=O)O)n1. The number of nitrogens with one attached hydrogen (secondary N) is 1. The molecule has 0 fully saturated rings. The van der Waals surface area contributed by atoms with Crippen molar-refractivity contribution in [2.45, 2.75) is 6.92 Å². The summed E-state index contributed by atoms with van der Waals surface area (Å²) in [6.07, 6.45) is 2.92. The Kier molecular flexibility index (Phi) is 2.82. The van der Waals surface area contributed by atoms with E-state index in [-0.39, 0.29) is 5.56 Å². The zero-order chi connectivity index (χ0) is 11.5. The predicted octanol–water partition coefficient (Wildman–Crippen LogP) is 2.29. The summed E-state index contributed by atoms with van der Waals surface area (Å²) in [4.78, 5) is 19.0. The van der Waals surface area contributed by atoms with E-state index in [2.05, 4.69) is 15.3 Å². The minimum Gasteiger partial charge on any atom is -0.478 e. The van der Waals surface area contributed by atoms with Gasteiger partial charge in [-0.15, -0.1) is 11.3 Å². The summed E-state index contributed by atoms with van der Waals surface area (Å²) in [5.74, 6) is -0.988. The molecule has 2 N–H and O–H groups in total. The van der Waals surface area contributed by atoms with Gasteiger partial charge in [0.2, 0.25) is 0 Å². The van der Waals surface area contributed by atoms with E-state index >= 15 is 0 Å². The van der Waals surface area contributed by atoms with E-state index in [0.29, 0.717) is 10.8 Å². The molecule has 0 saturated carbocycles. The number of rotatable bonds is 3. The van der Waals surface area contributed by atoms with E-state index in [1.54, 1.807) is 0 Å². The van der Waals surface area contributed by atoms with Gasteiger partial charge in [0, 0.05) is 11.6 Å². The molecule has 0 saturated heterocycles. The summed E-state index contributed by atoms with van der Waals surface area (Å²) in [7, 11) is 0. The second-order valence-electron chi connectivity index (χ2n) is 3.15. The first-order valence-corrected chi connectivity index (χ1v) is 5.41. The highest BCUT2D eigenvalue weighted by atomic mass is 32.1. The van der Waals surface area contributed by atoms with Crippen LogP contribution in [0, 0.1) is 6.92 Å². The third-order valence-corrected chi connectivity index (χ3v) is 2.79. The number of carboxylic acid groups (broad SMARTS) is 1. The zero-order valence-electron chi connectivity index (χ0n) is 8.47. The van der Waals surface area contributed by atoms with Crippen LogP contribution in [-0.4, -0.2) is 21.0 Å². The van der Waals surface area contributed by atoms with Gasteiger partial charge in [0.25, 0.3) is 0 Å². The highest BCUT2D eigenvalue weighted by molar-refractivity contribution is 7.13. The van der Waals surface area contributed by atoms with Crippen LogP contribution in [0.1, 0.15) is 16.1 Å². The Morgan fingerprint density at radius 1 is 1.56 bits per heavy atom. The summed E-state index contributed by atoms with van der Waals surface area (Å²) < 4.78 is 0. The number of carbonyl (C=O) groups is 1. The number of thiazole rings is 1. The molecule has 2 heterocycles. The number of anilines is 2. The number of aromatic nitrogens is 2. The van der Waals surface area contributed by atoms with Gasteiger partial charge in [-0.05, 0) is 13.0 Å². The van der Waals surface area contributed by atoms with Crippen molar-refractivity contribution in [2.24, 2.45) is 0 Å². The van der Waals surface area contributed by atoms with E-state index in [9.17, 15) is 4.79 Å². The Bertz CT molecular complexity index is 524. The molecular weight excluding hydrogens is 226 g/mol. The van der Waals surface area contributed by atoms with Crippen LogP contribution in [0.15, 0.2) is 23.8 Å². The van der Waals surface area contributed by atoms with Gasteiger partial charge in [-0.1, -0.05) is 0 Å². The van der Waals surface area contributed by atoms with Crippen LogP contribution in [0.4, 0.5) is 10.8 Å². The summed E-state index contributed by atoms with van der Waals surface area (Å²) in [5.41, 5.74) is 1.53. The third-order valence-electron chi connectivity index (χ3n) is 1.91. The molecule has 0 aromatic carbocycles. The van der Waals surface area contributed by atoms with E-state index in [4.69, 9.17) is 5.11 Å². The van der Waals surface area contributed by atoms with E-state index < -0.39 is 5.97 Å². The van der Waals surface area contributed by atoms with Crippen molar-refractivity contribution in [3.63, 3.8) is 0 Å². The van der Waals surface area contributed by atoms with Gasteiger partial charge in [-0.3, -0.25) is 4.98 Å². The van der Waals surface area contributed by atoms with Crippen molar-refractivity contribution < 1.29 is 9.90 Å². The van der Waals surface area contributed by atoms with Gasteiger partial charge in [0.15, 0.2) is 5.13 Å². The van der Waals surface area contributed by atoms with E-state index in [1.165, 1.54) is 29.8 Å². The highest BCUT2D eigenvalue weighted by Crippen LogP contribution is 2.22. The van der Waals surface area contributed by atoms with Gasteiger partial charge in [-0.25, -0.2) is 9.78 Å². The van der Waals surface area contributed by atoms with Crippen LogP contribution in [0.25, 0.3) is 0 Å². The molecule has 2 aromatic heterocycles. The Labute approximate surface area is 95.8 Å². The van der Waals surface area contributed by atoms with Crippen LogP contribution >= 0.6 is 11.3 Å². The molecule has 0 aliphatic rings. The second kappa shape index (κ2) is 4.28. The first kappa shape index (κ1) is 10.6. The number of aromatic carboxylic acids is 1. The molecule has 0 atom stereocenters. The smallest absolute Gasteiger partial charge is 0.337 e. The molecule has 0 aliphatic heterocycles. The maximum absolute atomic E-state index is 10.9. The molecule has 5 nitrogen and oxygen atoms in total. The lowest BCUT2D eigenvalue weighted by molar-refractivity contribution is 0.0698. The average Bonchev–Trinajstić information content (AvgIpc) is 2.64.